The van der Waals surface area contributed by atoms with E-state index < -0.39 is 0 Å². The summed E-state index contributed by atoms with van der Waals surface area (Å²) in [7, 11) is 3.23. The molecule has 6 heteroatoms. The minimum absolute atomic E-state index is 0.457. The van der Waals surface area contributed by atoms with Crippen LogP contribution >= 0.6 is 11.6 Å². The number of hydrogen-bond acceptors (Lipinski definition) is 4. The monoisotopic (exact) mass is 307 g/mol. The van der Waals surface area contributed by atoms with Crippen molar-refractivity contribution in [1.29, 1.82) is 0 Å². The van der Waals surface area contributed by atoms with Crippen LogP contribution in [0.3, 0.4) is 0 Å². The third kappa shape index (κ3) is 2.59. The van der Waals surface area contributed by atoms with Gasteiger partial charge in [0.25, 0.3) is 0 Å². The van der Waals surface area contributed by atoms with Crippen LogP contribution < -0.4 is 14.8 Å². The summed E-state index contributed by atoms with van der Waals surface area (Å²) in [6.07, 6.45) is 4.82. The van der Waals surface area contributed by atoms with E-state index in [0.29, 0.717) is 22.4 Å². The number of ether oxygens (including phenoxy) is 2. The second kappa shape index (κ2) is 5.95. The predicted molar refractivity (Wildman–Crippen MR) is 81.9 cm³/mol. The first-order valence-electron chi connectivity index (χ1n) is 6.89. The standard InChI is InChI=1S/C15H18ClN3O2/c1-20-14-6-15(21-2)12(5-11(14)16)19-9-18-8-13(19)10-3-4-17-7-10/h5-6,8-10,17H,3-4,7H2,1-2H3. The Kier molecular flexibility index (Phi) is 4.03. The lowest BCUT2D eigenvalue weighted by atomic mass is 10.1. The molecule has 1 aromatic carbocycles. The number of halogens is 1. The first-order chi connectivity index (χ1) is 10.2. The third-order valence-electron chi connectivity index (χ3n) is 3.86. The Labute approximate surface area is 128 Å². The fourth-order valence-electron chi connectivity index (χ4n) is 2.75. The summed E-state index contributed by atoms with van der Waals surface area (Å²) in [6.45, 7) is 2.01. The van der Waals surface area contributed by atoms with Crippen molar-refractivity contribution in [3.8, 4) is 17.2 Å². The van der Waals surface area contributed by atoms with Gasteiger partial charge in [-0.3, -0.25) is 4.57 Å². The number of nitrogens with one attached hydrogen (secondary N) is 1. The van der Waals surface area contributed by atoms with Crippen LogP contribution in [0.5, 0.6) is 11.5 Å². The maximum absolute atomic E-state index is 6.26. The van der Waals surface area contributed by atoms with Crippen molar-refractivity contribution in [3.63, 3.8) is 0 Å². The van der Waals surface area contributed by atoms with E-state index in [-0.39, 0.29) is 0 Å². The number of aromatic nitrogens is 2. The fourth-order valence-corrected chi connectivity index (χ4v) is 2.98. The number of methoxy groups -OCH3 is 2. The molecule has 0 amide bonds. The van der Waals surface area contributed by atoms with Gasteiger partial charge in [-0.2, -0.15) is 0 Å². The minimum atomic E-state index is 0.457. The van der Waals surface area contributed by atoms with E-state index in [1.165, 1.54) is 5.69 Å². The van der Waals surface area contributed by atoms with Crippen LogP contribution in [0.25, 0.3) is 5.69 Å². The minimum Gasteiger partial charge on any atom is -0.495 e. The van der Waals surface area contributed by atoms with Gasteiger partial charge in [-0.25, -0.2) is 4.98 Å². The van der Waals surface area contributed by atoms with Gasteiger partial charge in [0.2, 0.25) is 0 Å². The number of benzene rings is 1. The normalized spacial score (nSPS) is 18.0. The summed E-state index contributed by atoms with van der Waals surface area (Å²) in [5.74, 6) is 1.76. The van der Waals surface area contributed by atoms with Crippen molar-refractivity contribution in [2.75, 3.05) is 27.3 Å². The maximum Gasteiger partial charge on any atom is 0.146 e. The molecule has 1 aliphatic rings. The van der Waals surface area contributed by atoms with Crippen molar-refractivity contribution >= 4 is 11.6 Å². The molecule has 2 heterocycles. The molecule has 1 fully saturated rings. The molecule has 21 heavy (non-hydrogen) atoms. The highest BCUT2D eigenvalue weighted by molar-refractivity contribution is 6.32. The number of nitrogens with zero attached hydrogens (tertiary/aromatic N) is 2. The molecule has 1 N–H and O–H groups in total. The molecule has 1 atom stereocenters. The third-order valence-corrected chi connectivity index (χ3v) is 4.15. The molecule has 0 aliphatic carbocycles. The fraction of sp³-hybridized carbons (Fsp3) is 0.400. The van der Waals surface area contributed by atoms with Gasteiger partial charge in [-0.15, -0.1) is 0 Å². The van der Waals surface area contributed by atoms with Crippen LogP contribution in [0.4, 0.5) is 0 Å². The van der Waals surface area contributed by atoms with E-state index >= 15 is 0 Å². The van der Waals surface area contributed by atoms with E-state index in [4.69, 9.17) is 21.1 Å². The van der Waals surface area contributed by atoms with Crippen molar-refractivity contribution in [2.45, 2.75) is 12.3 Å². The molecule has 2 aromatic rings. The Balaban J connectivity index is 2.08. The molecule has 1 aliphatic heterocycles. The van der Waals surface area contributed by atoms with Gasteiger partial charge in [0.05, 0.1) is 31.3 Å². The summed E-state index contributed by atoms with van der Waals surface area (Å²) >= 11 is 6.26. The lowest BCUT2D eigenvalue weighted by Gasteiger charge is -2.17. The molecule has 5 nitrogen and oxygen atoms in total. The highest BCUT2D eigenvalue weighted by atomic mass is 35.5. The van der Waals surface area contributed by atoms with E-state index in [1.54, 1.807) is 26.6 Å². The van der Waals surface area contributed by atoms with Crippen LogP contribution in [0.2, 0.25) is 5.02 Å². The lowest BCUT2D eigenvalue weighted by Crippen LogP contribution is -2.11. The number of imidazole rings is 1. The van der Waals surface area contributed by atoms with Gasteiger partial charge in [0.15, 0.2) is 0 Å². The molecule has 0 radical (unpaired) electrons. The predicted octanol–water partition coefficient (Wildman–Crippen LogP) is 2.62. The average Bonchev–Trinajstić information content (AvgIpc) is 3.17. The quantitative estimate of drug-likeness (QED) is 0.943. The molecule has 0 saturated carbocycles. The Morgan fingerprint density at radius 3 is 2.76 bits per heavy atom. The van der Waals surface area contributed by atoms with Gasteiger partial charge in [0, 0.05) is 30.4 Å². The van der Waals surface area contributed by atoms with E-state index in [0.717, 1.165) is 25.2 Å². The zero-order valence-electron chi connectivity index (χ0n) is 12.1. The first-order valence-corrected chi connectivity index (χ1v) is 7.27. The van der Waals surface area contributed by atoms with Crippen LogP contribution in [0, 0.1) is 0 Å². The Morgan fingerprint density at radius 2 is 2.10 bits per heavy atom. The summed E-state index contributed by atoms with van der Waals surface area (Å²) in [6, 6.07) is 3.65. The largest absolute Gasteiger partial charge is 0.495 e. The molecule has 1 saturated heterocycles. The summed E-state index contributed by atoms with van der Waals surface area (Å²) < 4.78 is 12.8. The van der Waals surface area contributed by atoms with Gasteiger partial charge < -0.3 is 14.8 Å². The van der Waals surface area contributed by atoms with Gasteiger partial charge in [-0.1, -0.05) is 11.6 Å². The molecule has 0 spiro atoms. The maximum atomic E-state index is 6.26. The molecule has 1 aromatic heterocycles. The van der Waals surface area contributed by atoms with Crippen molar-refractivity contribution in [1.82, 2.24) is 14.9 Å². The Bertz CT molecular complexity index is 636. The van der Waals surface area contributed by atoms with Crippen LogP contribution in [-0.2, 0) is 0 Å². The average molecular weight is 308 g/mol. The summed E-state index contributed by atoms with van der Waals surface area (Å²) in [5, 5.41) is 3.93. The second-order valence-corrected chi connectivity index (χ2v) is 5.44. The van der Waals surface area contributed by atoms with E-state index in [2.05, 4.69) is 10.3 Å². The summed E-state index contributed by atoms with van der Waals surface area (Å²) in [5.41, 5.74) is 2.04. The highest BCUT2D eigenvalue weighted by Gasteiger charge is 2.22. The summed E-state index contributed by atoms with van der Waals surface area (Å²) in [4.78, 5) is 4.30. The van der Waals surface area contributed by atoms with E-state index in [1.807, 2.05) is 16.8 Å². The second-order valence-electron chi connectivity index (χ2n) is 5.04. The van der Waals surface area contributed by atoms with Gasteiger partial charge in [-0.05, 0) is 19.0 Å². The molecular weight excluding hydrogens is 290 g/mol. The van der Waals surface area contributed by atoms with Gasteiger partial charge in [0.1, 0.15) is 11.5 Å². The molecule has 0 bridgehead atoms. The van der Waals surface area contributed by atoms with Crippen LogP contribution in [0.1, 0.15) is 18.0 Å². The molecule has 1 unspecified atom stereocenters. The Hall–Kier alpha value is -1.72. The molecule has 112 valence electrons. The van der Waals surface area contributed by atoms with Crippen molar-refractivity contribution in [2.24, 2.45) is 0 Å². The Morgan fingerprint density at radius 1 is 1.29 bits per heavy atom. The molecule has 3 rings (SSSR count). The molecular formula is C15H18ClN3O2. The zero-order valence-corrected chi connectivity index (χ0v) is 12.9. The van der Waals surface area contributed by atoms with Crippen molar-refractivity contribution < 1.29 is 9.47 Å². The first kappa shape index (κ1) is 14.2. The highest BCUT2D eigenvalue weighted by Crippen LogP contribution is 2.36. The van der Waals surface area contributed by atoms with Crippen LogP contribution in [0.15, 0.2) is 24.7 Å². The smallest absolute Gasteiger partial charge is 0.146 e. The van der Waals surface area contributed by atoms with Crippen LogP contribution in [-0.4, -0.2) is 36.9 Å². The van der Waals surface area contributed by atoms with Gasteiger partial charge >= 0.3 is 0 Å². The number of hydrogen-bond donors (Lipinski definition) is 1. The topological polar surface area (TPSA) is 48.3 Å². The van der Waals surface area contributed by atoms with E-state index in [9.17, 15) is 0 Å². The lowest BCUT2D eigenvalue weighted by molar-refractivity contribution is 0.393. The SMILES string of the molecule is COc1cc(OC)c(-n2cncc2C2CCNC2)cc1Cl. The zero-order chi connectivity index (χ0) is 14.8. The van der Waals surface area contributed by atoms with Crippen molar-refractivity contribution in [3.05, 3.63) is 35.4 Å². The number of rotatable bonds is 4.